The summed E-state index contributed by atoms with van der Waals surface area (Å²) in [6.07, 6.45) is 3.19. The number of hydrogen-bond acceptors (Lipinski definition) is 5. The Bertz CT molecular complexity index is 560. The number of aryl methyl sites for hydroxylation is 1. The second-order valence-corrected chi connectivity index (χ2v) is 3.78. The summed E-state index contributed by atoms with van der Waals surface area (Å²) in [6.45, 7) is 3.25. The predicted octanol–water partition coefficient (Wildman–Crippen LogP) is 0.978. The van der Waals surface area contributed by atoms with Gasteiger partial charge in [0, 0.05) is 24.2 Å². The van der Waals surface area contributed by atoms with Crippen molar-refractivity contribution >= 4 is 30.1 Å². The molecule has 0 unspecified atom stereocenters. The number of nitrogens with one attached hydrogen (secondary N) is 1. The molecule has 0 spiro atoms. The Morgan fingerprint density at radius 1 is 1.58 bits per heavy atom. The quantitative estimate of drug-likeness (QED) is 0.415. The first-order valence-corrected chi connectivity index (χ1v) is 5.36. The molecule has 0 radical (unpaired) electrons. The third-order valence-corrected chi connectivity index (χ3v) is 2.27. The minimum absolute atomic E-state index is 0.0823. The molecule has 0 atom stereocenters. The number of carbonyl (C=O) groups is 2. The van der Waals surface area contributed by atoms with Gasteiger partial charge in [0.15, 0.2) is 0 Å². The monoisotopic (exact) mass is 262 g/mol. The second kappa shape index (κ2) is 6.29. The molecule has 0 aliphatic carbocycles. The molecule has 0 aliphatic heterocycles. The Morgan fingerprint density at radius 3 is 2.79 bits per heavy atom. The van der Waals surface area contributed by atoms with Gasteiger partial charge in [-0.05, 0) is 19.4 Å². The second-order valence-electron chi connectivity index (χ2n) is 3.78. The SMILES string of the molecule is C/C(N)=C(/C=Nc1cc(NC=O)ncc1C)C(=O)O. The molecule has 4 N–H and O–H groups in total. The van der Waals surface area contributed by atoms with E-state index in [-0.39, 0.29) is 11.3 Å². The van der Waals surface area contributed by atoms with Crippen LogP contribution in [0.1, 0.15) is 12.5 Å². The first-order valence-electron chi connectivity index (χ1n) is 5.36. The molecule has 0 saturated carbocycles. The van der Waals surface area contributed by atoms with E-state index in [9.17, 15) is 9.59 Å². The van der Waals surface area contributed by atoms with Crippen LogP contribution in [0.5, 0.6) is 0 Å². The normalized spacial score (nSPS) is 12.1. The summed E-state index contributed by atoms with van der Waals surface area (Å²) >= 11 is 0. The van der Waals surface area contributed by atoms with Gasteiger partial charge in [-0.25, -0.2) is 9.78 Å². The van der Waals surface area contributed by atoms with Gasteiger partial charge in [0.25, 0.3) is 0 Å². The fourth-order valence-corrected chi connectivity index (χ4v) is 1.25. The summed E-state index contributed by atoms with van der Waals surface area (Å²) in [7, 11) is 0. The van der Waals surface area contributed by atoms with Gasteiger partial charge < -0.3 is 16.2 Å². The molecule has 0 bridgehead atoms. The third-order valence-electron chi connectivity index (χ3n) is 2.27. The van der Waals surface area contributed by atoms with Crippen molar-refractivity contribution in [3.05, 3.63) is 29.1 Å². The van der Waals surface area contributed by atoms with Crippen LogP contribution < -0.4 is 11.1 Å². The topological polar surface area (TPSA) is 118 Å². The summed E-state index contributed by atoms with van der Waals surface area (Å²) < 4.78 is 0. The molecule has 0 fully saturated rings. The number of nitrogens with zero attached hydrogens (tertiary/aromatic N) is 2. The van der Waals surface area contributed by atoms with Crippen molar-refractivity contribution in [1.29, 1.82) is 0 Å². The number of aromatic nitrogens is 1. The fourth-order valence-electron chi connectivity index (χ4n) is 1.25. The average molecular weight is 262 g/mol. The maximum Gasteiger partial charge on any atom is 0.339 e. The minimum atomic E-state index is -1.15. The Balaban J connectivity index is 3.11. The molecule has 100 valence electrons. The molecule has 7 heteroatoms. The predicted molar refractivity (Wildman–Crippen MR) is 71.3 cm³/mol. The standard InChI is InChI=1S/C12H14N4O3/c1-7-4-15-11(16-6-17)3-10(7)14-5-9(8(2)13)12(18)19/h3-6H,13H2,1-2H3,(H,18,19)(H,15,16,17)/b9-8+,14-5?. The number of carboxylic acid groups (broad SMARTS) is 1. The van der Waals surface area contributed by atoms with E-state index < -0.39 is 5.97 Å². The van der Waals surface area contributed by atoms with E-state index in [1.807, 2.05) is 0 Å². The summed E-state index contributed by atoms with van der Waals surface area (Å²) in [5, 5.41) is 11.3. The van der Waals surface area contributed by atoms with E-state index in [0.29, 0.717) is 17.9 Å². The zero-order chi connectivity index (χ0) is 14.4. The van der Waals surface area contributed by atoms with E-state index in [0.717, 1.165) is 5.56 Å². The van der Waals surface area contributed by atoms with E-state index in [4.69, 9.17) is 10.8 Å². The van der Waals surface area contributed by atoms with Gasteiger partial charge in [0.2, 0.25) is 6.41 Å². The molecule has 19 heavy (non-hydrogen) atoms. The van der Waals surface area contributed by atoms with Crippen LogP contribution in [0.3, 0.4) is 0 Å². The van der Waals surface area contributed by atoms with Gasteiger partial charge in [-0.2, -0.15) is 0 Å². The average Bonchev–Trinajstić information content (AvgIpc) is 2.32. The number of carbonyl (C=O) groups excluding carboxylic acids is 1. The lowest BCUT2D eigenvalue weighted by molar-refractivity contribution is -0.132. The number of aliphatic imine (C=N–C) groups is 1. The largest absolute Gasteiger partial charge is 0.478 e. The number of carboxylic acids is 1. The van der Waals surface area contributed by atoms with Crippen molar-refractivity contribution in [2.24, 2.45) is 10.7 Å². The highest BCUT2D eigenvalue weighted by Gasteiger charge is 2.07. The van der Waals surface area contributed by atoms with Gasteiger partial charge in [-0.1, -0.05) is 0 Å². The van der Waals surface area contributed by atoms with Gasteiger partial charge in [0.05, 0.1) is 11.3 Å². The maximum absolute atomic E-state index is 10.9. The van der Waals surface area contributed by atoms with E-state index in [1.54, 1.807) is 6.92 Å². The van der Waals surface area contributed by atoms with E-state index >= 15 is 0 Å². The van der Waals surface area contributed by atoms with Crippen LogP contribution in [-0.2, 0) is 9.59 Å². The van der Waals surface area contributed by atoms with E-state index in [1.165, 1.54) is 25.4 Å². The van der Waals surface area contributed by atoms with Crippen LogP contribution >= 0.6 is 0 Å². The Morgan fingerprint density at radius 2 is 2.26 bits per heavy atom. The summed E-state index contributed by atoms with van der Waals surface area (Å²) in [5.74, 6) is -0.820. The summed E-state index contributed by atoms with van der Waals surface area (Å²) in [5.41, 5.74) is 6.78. The molecular weight excluding hydrogens is 248 g/mol. The number of amides is 1. The van der Waals surface area contributed by atoms with Crippen molar-refractivity contribution in [3.8, 4) is 0 Å². The maximum atomic E-state index is 10.9. The van der Waals surface area contributed by atoms with Crippen LogP contribution in [0.4, 0.5) is 11.5 Å². The van der Waals surface area contributed by atoms with Crippen molar-refractivity contribution in [3.63, 3.8) is 0 Å². The first-order chi connectivity index (χ1) is 8.95. The van der Waals surface area contributed by atoms with Crippen LogP contribution in [0.25, 0.3) is 0 Å². The molecular formula is C12H14N4O3. The molecule has 1 heterocycles. The van der Waals surface area contributed by atoms with Crippen molar-refractivity contribution < 1.29 is 14.7 Å². The van der Waals surface area contributed by atoms with Gasteiger partial charge >= 0.3 is 5.97 Å². The lowest BCUT2D eigenvalue weighted by Crippen LogP contribution is -2.09. The smallest absolute Gasteiger partial charge is 0.339 e. The molecule has 0 aliphatic rings. The lowest BCUT2D eigenvalue weighted by atomic mass is 10.2. The van der Waals surface area contributed by atoms with Crippen molar-refractivity contribution in [2.75, 3.05) is 5.32 Å². The number of rotatable bonds is 5. The summed E-state index contributed by atoms with van der Waals surface area (Å²) in [6, 6.07) is 1.53. The minimum Gasteiger partial charge on any atom is -0.478 e. The number of allylic oxidation sites excluding steroid dienone is 1. The van der Waals surface area contributed by atoms with Gasteiger partial charge in [-0.15, -0.1) is 0 Å². The van der Waals surface area contributed by atoms with Crippen molar-refractivity contribution in [2.45, 2.75) is 13.8 Å². The highest BCUT2D eigenvalue weighted by molar-refractivity contribution is 6.09. The highest BCUT2D eigenvalue weighted by atomic mass is 16.4. The first kappa shape index (κ1) is 14.4. The van der Waals surface area contributed by atoms with Crippen LogP contribution in [-0.4, -0.2) is 28.7 Å². The highest BCUT2D eigenvalue weighted by Crippen LogP contribution is 2.20. The molecule has 0 saturated heterocycles. The zero-order valence-corrected chi connectivity index (χ0v) is 10.5. The number of anilines is 1. The Hall–Kier alpha value is -2.70. The number of nitrogens with two attached hydrogens (primary N) is 1. The molecule has 1 rings (SSSR count). The Kier molecular flexibility index (Phi) is 4.76. The van der Waals surface area contributed by atoms with Gasteiger partial charge in [0.1, 0.15) is 5.82 Å². The van der Waals surface area contributed by atoms with Crippen molar-refractivity contribution in [1.82, 2.24) is 4.98 Å². The van der Waals surface area contributed by atoms with Crippen LogP contribution in [0.2, 0.25) is 0 Å². The zero-order valence-electron chi connectivity index (χ0n) is 10.5. The lowest BCUT2D eigenvalue weighted by Gasteiger charge is -2.03. The number of hydrogen-bond donors (Lipinski definition) is 3. The third kappa shape index (κ3) is 3.91. The molecule has 7 nitrogen and oxygen atoms in total. The molecule has 1 aromatic heterocycles. The molecule has 1 amide bonds. The molecule has 0 aromatic carbocycles. The Labute approximate surface area is 109 Å². The van der Waals surface area contributed by atoms with Crippen LogP contribution in [0.15, 0.2) is 28.5 Å². The molecule has 1 aromatic rings. The summed E-state index contributed by atoms with van der Waals surface area (Å²) in [4.78, 5) is 29.2. The fraction of sp³-hybridized carbons (Fsp3) is 0.167. The number of aliphatic carboxylic acids is 1. The van der Waals surface area contributed by atoms with Crippen LogP contribution in [0, 0.1) is 6.92 Å². The van der Waals surface area contributed by atoms with Gasteiger partial charge in [-0.3, -0.25) is 9.79 Å². The van der Waals surface area contributed by atoms with E-state index in [2.05, 4.69) is 15.3 Å². The number of pyridine rings is 1.